The van der Waals surface area contributed by atoms with E-state index in [0.717, 1.165) is 17.9 Å². The molecule has 1 N–H and O–H groups in total. The van der Waals surface area contributed by atoms with Crippen LogP contribution in [0.3, 0.4) is 0 Å². The summed E-state index contributed by atoms with van der Waals surface area (Å²) >= 11 is 3.90. The van der Waals surface area contributed by atoms with E-state index in [1.165, 1.54) is 11.3 Å². The lowest BCUT2D eigenvalue weighted by Crippen LogP contribution is -2.07. The van der Waals surface area contributed by atoms with Gasteiger partial charge < -0.3 is 9.84 Å². The molecule has 1 aliphatic rings. The summed E-state index contributed by atoms with van der Waals surface area (Å²) in [5.41, 5.74) is 1.34. The normalized spacial score (nSPS) is 23.9. The topological polar surface area (TPSA) is 29.5 Å². The Morgan fingerprint density at radius 1 is 1.41 bits per heavy atom. The van der Waals surface area contributed by atoms with Gasteiger partial charge in [-0.1, -0.05) is 12.1 Å². The van der Waals surface area contributed by atoms with Crippen LogP contribution in [0.4, 0.5) is 0 Å². The molecule has 0 radical (unpaired) electrons. The van der Waals surface area contributed by atoms with Gasteiger partial charge in [0.2, 0.25) is 0 Å². The standard InChI is InChI=1S/C13H18O2S2/c1-15-11-4-2-10(3-5-11)8-16-13-6-12(7-14)17-9-13/h2-5,12-14H,6-9H2,1H3. The van der Waals surface area contributed by atoms with E-state index in [0.29, 0.717) is 17.1 Å². The fourth-order valence-electron chi connectivity index (χ4n) is 1.85. The third-order valence-corrected chi connectivity index (χ3v) is 5.84. The summed E-state index contributed by atoms with van der Waals surface area (Å²) in [6.45, 7) is 0.324. The van der Waals surface area contributed by atoms with Crippen LogP contribution in [0.5, 0.6) is 5.75 Å². The predicted octanol–water partition coefficient (Wildman–Crippen LogP) is 2.79. The van der Waals surface area contributed by atoms with Crippen LogP contribution < -0.4 is 4.74 Å². The van der Waals surface area contributed by atoms with E-state index < -0.39 is 0 Å². The highest BCUT2D eigenvalue weighted by molar-refractivity contribution is 8.04. The lowest BCUT2D eigenvalue weighted by Gasteiger charge is -2.09. The van der Waals surface area contributed by atoms with Crippen molar-refractivity contribution in [2.75, 3.05) is 19.5 Å². The Hall–Kier alpha value is -0.320. The predicted molar refractivity (Wildman–Crippen MR) is 76.0 cm³/mol. The van der Waals surface area contributed by atoms with Gasteiger partial charge in [0, 0.05) is 22.0 Å². The van der Waals surface area contributed by atoms with Crippen molar-refractivity contribution in [3.05, 3.63) is 29.8 Å². The zero-order valence-electron chi connectivity index (χ0n) is 9.96. The van der Waals surface area contributed by atoms with Crippen molar-refractivity contribution in [1.29, 1.82) is 0 Å². The van der Waals surface area contributed by atoms with Crippen molar-refractivity contribution in [2.24, 2.45) is 0 Å². The molecule has 1 aliphatic heterocycles. The molecule has 94 valence electrons. The van der Waals surface area contributed by atoms with Crippen molar-refractivity contribution in [3.63, 3.8) is 0 Å². The van der Waals surface area contributed by atoms with E-state index in [4.69, 9.17) is 9.84 Å². The van der Waals surface area contributed by atoms with Gasteiger partial charge in [0.15, 0.2) is 0 Å². The molecule has 0 saturated carbocycles. The molecule has 4 heteroatoms. The first-order valence-corrected chi connectivity index (χ1v) is 7.88. The number of hydrogen-bond donors (Lipinski definition) is 1. The summed E-state index contributed by atoms with van der Waals surface area (Å²) in [6, 6.07) is 8.26. The molecule has 0 aromatic heterocycles. The van der Waals surface area contributed by atoms with E-state index in [9.17, 15) is 0 Å². The number of methoxy groups -OCH3 is 1. The van der Waals surface area contributed by atoms with Crippen LogP contribution >= 0.6 is 23.5 Å². The molecule has 17 heavy (non-hydrogen) atoms. The second-order valence-corrected chi connectivity index (χ2v) is 6.78. The lowest BCUT2D eigenvalue weighted by molar-refractivity contribution is 0.293. The zero-order valence-corrected chi connectivity index (χ0v) is 11.6. The highest BCUT2D eigenvalue weighted by Crippen LogP contribution is 2.35. The number of aliphatic hydroxyl groups excluding tert-OH is 1. The minimum absolute atomic E-state index is 0.324. The Labute approximate surface area is 111 Å². The van der Waals surface area contributed by atoms with Gasteiger partial charge in [-0.25, -0.2) is 0 Å². The van der Waals surface area contributed by atoms with Gasteiger partial charge in [-0.2, -0.15) is 23.5 Å². The molecule has 1 aromatic rings. The number of rotatable bonds is 5. The van der Waals surface area contributed by atoms with Crippen molar-refractivity contribution in [1.82, 2.24) is 0 Å². The van der Waals surface area contributed by atoms with Gasteiger partial charge in [-0.3, -0.25) is 0 Å². The minimum atomic E-state index is 0.324. The maximum absolute atomic E-state index is 9.08. The minimum Gasteiger partial charge on any atom is -0.497 e. The molecule has 0 aliphatic carbocycles. The average Bonchev–Trinajstić information content (AvgIpc) is 2.85. The van der Waals surface area contributed by atoms with E-state index in [1.807, 2.05) is 35.7 Å². The van der Waals surface area contributed by atoms with Crippen molar-refractivity contribution in [2.45, 2.75) is 22.7 Å². The molecule has 2 unspecified atom stereocenters. The average molecular weight is 270 g/mol. The first-order valence-electron chi connectivity index (χ1n) is 5.79. The molecule has 0 amide bonds. The molecule has 0 spiro atoms. The van der Waals surface area contributed by atoms with E-state index in [2.05, 4.69) is 12.1 Å². The van der Waals surface area contributed by atoms with Gasteiger partial charge >= 0.3 is 0 Å². The fourth-order valence-corrected chi connectivity index (χ4v) is 4.68. The third kappa shape index (κ3) is 3.83. The van der Waals surface area contributed by atoms with Gasteiger partial charge in [-0.15, -0.1) is 0 Å². The van der Waals surface area contributed by atoms with Crippen LogP contribution in [0.1, 0.15) is 12.0 Å². The molecule has 0 bridgehead atoms. The summed E-state index contributed by atoms with van der Waals surface area (Å²) in [5.74, 6) is 3.13. The SMILES string of the molecule is COc1ccc(CSC2CSC(CO)C2)cc1. The Kier molecular flexibility index (Phi) is 5.07. The smallest absolute Gasteiger partial charge is 0.118 e. The van der Waals surface area contributed by atoms with Crippen LogP contribution in [-0.4, -0.2) is 35.1 Å². The Bertz CT molecular complexity index is 340. The maximum atomic E-state index is 9.08. The van der Waals surface area contributed by atoms with Gasteiger partial charge in [0.1, 0.15) is 5.75 Å². The highest BCUT2D eigenvalue weighted by atomic mass is 32.2. The summed E-state index contributed by atoms with van der Waals surface area (Å²) < 4.78 is 5.14. The molecule has 2 rings (SSSR count). The van der Waals surface area contributed by atoms with Crippen molar-refractivity contribution in [3.8, 4) is 5.75 Å². The highest BCUT2D eigenvalue weighted by Gasteiger charge is 2.24. The van der Waals surface area contributed by atoms with Crippen molar-refractivity contribution < 1.29 is 9.84 Å². The summed E-state index contributed by atoms with van der Waals surface area (Å²) in [7, 11) is 1.69. The number of benzene rings is 1. The first-order chi connectivity index (χ1) is 8.31. The number of hydrogen-bond acceptors (Lipinski definition) is 4. The Balaban J connectivity index is 1.78. The summed E-state index contributed by atoms with van der Waals surface area (Å²) in [5, 5.41) is 10.2. The molecule has 1 aromatic carbocycles. The summed E-state index contributed by atoms with van der Waals surface area (Å²) in [4.78, 5) is 0. The zero-order chi connectivity index (χ0) is 12.1. The van der Waals surface area contributed by atoms with Gasteiger partial charge in [0.25, 0.3) is 0 Å². The van der Waals surface area contributed by atoms with Gasteiger partial charge in [0.05, 0.1) is 13.7 Å². The fraction of sp³-hybridized carbons (Fsp3) is 0.538. The molecular weight excluding hydrogens is 252 g/mol. The van der Waals surface area contributed by atoms with Crippen LogP contribution in [0, 0.1) is 0 Å². The van der Waals surface area contributed by atoms with E-state index in [-0.39, 0.29) is 0 Å². The number of thioether (sulfide) groups is 2. The Morgan fingerprint density at radius 2 is 2.18 bits per heavy atom. The molecule has 1 saturated heterocycles. The van der Waals surface area contributed by atoms with Gasteiger partial charge in [-0.05, 0) is 24.1 Å². The monoisotopic (exact) mass is 270 g/mol. The van der Waals surface area contributed by atoms with E-state index >= 15 is 0 Å². The first kappa shape index (κ1) is 13.1. The second kappa shape index (κ2) is 6.57. The molecule has 1 heterocycles. The second-order valence-electron chi connectivity index (χ2n) is 4.15. The molecule has 2 atom stereocenters. The van der Waals surface area contributed by atoms with Crippen LogP contribution in [-0.2, 0) is 5.75 Å². The molecular formula is C13H18O2S2. The largest absolute Gasteiger partial charge is 0.497 e. The number of ether oxygens (including phenoxy) is 1. The van der Waals surface area contributed by atoms with E-state index in [1.54, 1.807) is 7.11 Å². The Morgan fingerprint density at radius 3 is 2.76 bits per heavy atom. The number of aliphatic hydroxyl groups is 1. The molecule has 2 nitrogen and oxygen atoms in total. The quantitative estimate of drug-likeness (QED) is 0.891. The van der Waals surface area contributed by atoms with Crippen molar-refractivity contribution >= 4 is 23.5 Å². The summed E-state index contributed by atoms with van der Waals surface area (Å²) in [6.07, 6.45) is 1.14. The third-order valence-electron chi connectivity index (χ3n) is 2.89. The molecule has 1 fully saturated rings. The van der Waals surface area contributed by atoms with Crippen LogP contribution in [0.25, 0.3) is 0 Å². The van der Waals surface area contributed by atoms with Crippen LogP contribution in [0.15, 0.2) is 24.3 Å². The maximum Gasteiger partial charge on any atom is 0.118 e. The lowest BCUT2D eigenvalue weighted by atomic mass is 10.2. The van der Waals surface area contributed by atoms with Crippen LogP contribution in [0.2, 0.25) is 0 Å².